The second-order valence-electron chi connectivity index (χ2n) is 8.44. The molecule has 1 aromatic heterocycles. The first-order chi connectivity index (χ1) is 16.2. The lowest BCUT2D eigenvalue weighted by atomic mass is 9.78. The van der Waals surface area contributed by atoms with E-state index in [1.54, 1.807) is 0 Å². The fourth-order valence-electron chi connectivity index (χ4n) is 3.32. The Balaban J connectivity index is 1.59. The quantitative estimate of drug-likeness (QED) is 0.324. The van der Waals surface area contributed by atoms with Crippen molar-refractivity contribution in [3.05, 3.63) is 70.0 Å². The van der Waals surface area contributed by atoms with E-state index < -0.39 is 18.9 Å². The lowest BCUT2D eigenvalue weighted by Crippen LogP contribution is -2.24. The Morgan fingerprint density at radius 2 is 1.74 bits per heavy atom. The molecule has 34 heavy (non-hydrogen) atoms. The first-order valence-corrected chi connectivity index (χ1v) is 12.1. The van der Waals surface area contributed by atoms with Crippen LogP contribution in [0, 0.1) is 0 Å². The fraction of sp³-hybridized carbons (Fsp3) is 0.417. The molecule has 0 saturated heterocycles. The average Bonchev–Trinajstić information content (AvgIpc) is 3.29. The number of benzene rings is 2. The molecule has 0 amide bonds. The van der Waals surface area contributed by atoms with Crippen molar-refractivity contribution >= 4 is 27.5 Å². The maximum atomic E-state index is 12.6. The summed E-state index contributed by atoms with van der Waals surface area (Å²) in [5, 5.41) is 27.2. The summed E-state index contributed by atoms with van der Waals surface area (Å²) in [6.07, 6.45) is -0.0717. The maximum absolute atomic E-state index is 12.6. The maximum Gasteiger partial charge on any atom is 0.135 e. The highest BCUT2D eigenvalue weighted by Gasteiger charge is 2.24. The van der Waals surface area contributed by atoms with Crippen molar-refractivity contribution in [1.82, 2.24) is 15.0 Å². The number of hydrogen-bond donors (Lipinski definition) is 2. The first-order valence-electron chi connectivity index (χ1n) is 10.8. The predicted molar refractivity (Wildman–Crippen MR) is 131 cm³/mol. The highest BCUT2D eigenvalue weighted by molar-refractivity contribution is 9.10. The number of ether oxygens (including phenoxy) is 2. The normalized spacial score (nSPS) is 13.5. The summed E-state index contributed by atoms with van der Waals surface area (Å²) in [7, 11) is 0. The third-order valence-corrected chi connectivity index (χ3v) is 6.38. The number of nitrogens with zero attached hydrogens (tertiary/aromatic N) is 3. The van der Waals surface area contributed by atoms with Crippen molar-refractivity contribution in [2.24, 2.45) is 0 Å². The third kappa shape index (κ3) is 6.91. The van der Waals surface area contributed by atoms with Crippen LogP contribution in [-0.4, -0.2) is 56.5 Å². The molecular formula is C24H28BrClFN3O4. The number of halogens is 3. The SMILES string of the molecule is CC(C)(c1ccc(OC[C@H](O)Cn2cc(CF)nn2)cc1)c1ccc(OC[C@H](O)CCl)c(Br)c1. The molecule has 0 aliphatic heterocycles. The summed E-state index contributed by atoms with van der Waals surface area (Å²) < 4.78 is 26.1. The molecule has 0 saturated carbocycles. The first kappa shape index (κ1) is 26.4. The monoisotopic (exact) mass is 555 g/mol. The topological polar surface area (TPSA) is 89.6 Å². The number of alkyl halides is 2. The molecule has 184 valence electrons. The summed E-state index contributed by atoms with van der Waals surface area (Å²) in [6.45, 7) is 3.91. The molecule has 0 unspecified atom stereocenters. The molecule has 3 aromatic rings. The summed E-state index contributed by atoms with van der Waals surface area (Å²) >= 11 is 9.16. The van der Waals surface area contributed by atoms with Crippen molar-refractivity contribution in [3.63, 3.8) is 0 Å². The fourth-order valence-corrected chi connectivity index (χ4v) is 3.90. The number of aromatic nitrogens is 3. The van der Waals surface area contributed by atoms with Crippen molar-refractivity contribution in [2.45, 2.75) is 44.7 Å². The second-order valence-corrected chi connectivity index (χ2v) is 9.61. The van der Waals surface area contributed by atoms with E-state index in [-0.39, 0.29) is 36.7 Å². The highest BCUT2D eigenvalue weighted by atomic mass is 79.9. The molecule has 0 fully saturated rings. The summed E-state index contributed by atoms with van der Waals surface area (Å²) in [5.41, 5.74) is 2.09. The summed E-state index contributed by atoms with van der Waals surface area (Å²) in [5.74, 6) is 1.38. The largest absolute Gasteiger partial charge is 0.491 e. The minimum absolute atomic E-state index is 0.0698. The van der Waals surface area contributed by atoms with Crippen molar-refractivity contribution in [2.75, 3.05) is 19.1 Å². The van der Waals surface area contributed by atoms with E-state index in [0.717, 1.165) is 15.6 Å². The molecule has 0 aliphatic carbocycles. The Bertz CT molecular complexity index is 1060. The van der Waals surface area contributed by atoms with E-state index in [2.05, 4.69) is 40.1 Å². The Kier molecular flexibility index (Phi) is 9.30. The minimum atomic E-state index is -0.811. The van der Waals surface area contributed by atoms with Crippen LogP contribution in [-0.2, 0) is 18.6 Å². The molecule has 0 spiro atoms. The smallest absolute Gasteiger partial charge is 0.135 e. The van der Waals surface area contributed by atoms with Gasteiger partial charge in [-0.3, -0.25) is 0 Å². The van der Waals surface area contributed by atoms with Gasteiger partial charge in [0.2, 0.25) is 0 Å². The molecule has 2 N–H and O–H groups in total. The van der Waals surface area contributed by atoms with Gasteiger partial charge in [-0.2, -0.15) is 0 Å². The van der Waals surface area contributed by atoms with Gasteiger partial charge in [0.05, 0.1) is 23.1 Å². The van der Waals surface area contributed by atoms with Gasteiger partial charge in [-0.15, -0.1) is 16.7 Å². The summed E-state index contributed by atoms with van der Waals surface area (Å²) in [4.78, 5) is 0. The van der Waals surface area contributed by atoms with Gasteiger partial charge < -0.3 is 19.7 Å². The highest BCUT2D eigenvalue weighted by Crippen LogP contribution is 2.36. The van der Waals surface area contributed by atoms with E-state index in [0.29, 0.717) is 11.5 Å². The lowest BCUT2D eigenvalue weighted by Gasteiger charge is -2.27. The van der Waals surface area contributed by atoms with Crippen LogP contribution < -0.4 is 9.47 Å². The molecule has 10 heteroatoms. The van der Waals surface area contributed by atoms with Gasteiger partial charge in [0, 0.05) is 5.41 Å². The zero-order valence-corrected chi connectivity index (χ0v) is 21.3. The molecule has 3 rings (SSSR count). The Morgan fingerprint density at radius 3 is 2.35 bits per heavy atom. The summed E-state index contributed by atoms with van der Waals surface area (Å²) in [6, 6.07) is 13.6. The lowest BCUT2D eigenvalue weighted by molar-refractivity contribution is 0.0888. The number of rotatable bonds is 12. The van der Waals surface area contributed by atoms with Crippen molar-refractivity contribution in [3.8, 4) is 11.5 Å². The van der Waals surface area contributed by atoms with Crippen LogP contribution in [0.3, 0.4) is 0 Å². The second kappa shape index (κ2) is 12.0. The zero-order valence-electron chi connectivity index (χ0n) is 19.0. The molecule has 0 radical (unpaired) electrons. The third-order valence-electron chi connectivity index (χ3n) is 5.40. The molecule has 2 aromatic carbocycles. The van der Waals surface area contributed by atoms with Crippen molar-refractivity contribution in [1.29, 1.82) is 0 Å². The van der Waals surface area contributed by atoms with E-state index in [1.165, 1.54) is 10.9 Å². The predicted octanol–water partition coefficient (Wildman–Crippen LogP) is 4.25. The van der Waals surface area contributed by atoms with E-state index >= 15 is 0 Å². The Hall–Kier alpha value is -2.20. The molecule has 7 nitrogen and oxygen atoms in total. The van der Waals surface area contributed by atoms with Gasteiger partial charge in [-0.05, 0) is 51.3 Å². The van der Waals surface area contributed by atoms with E-state index in [1.807, 2.05) is 42.5 Å². The number of aliphatic hydroxyl groups excluding tert-OH is 2. The van der Waals surface area contributed by atoms with Crippen LogP contribution >= 0.6 is 27.5 Å². The van der Waals surface area contributed by atoms with Gasteiger partial charge in [0.15, 0.2) is 0 Å². The molecule has 0 aliphatic rings. The van der Waals surface area contributed by atoms with Crippen LogP contribution in [0.1, 0.15) is 30.7 Å². The molecular weight excluding hydrogens is 529 g/mol. The van der Waals surface area contributed by atoms with Crippen LogP contribution in [0.5, 0.6) is 11.5 Å². The van der Waals surface area contributed by atoms with Gasteiger partial charge in [-0.1, -0.05) is 37.3 Å². The Morgan fingerprint density at radius 1 is 1.06 bits per heavy atom. The van der Waals surface area contributed by atoms with Crippen LogP contribution in [0.15, 0.2) is 53.1 Å². The standard InChI is InChI=1S/C24H28BrClFN3O4/c1-24(2,17-5-8-23(22(25)9-17)34-14-19(31)10-26)16-3-6-21(7-4-16)33-15-20(32)13-30-12-18(11-27)28-29-30/h3-9,12,19-20,31-32H,10-11,13-15H2,1-2H3/t19-,20-/m1/s1. The van der Waals surface area contributed by atoms with E-state index in [9.17, 15) is 14.6 Å². The number of hydrogen-bond acceptors (Lipinski definition) is 6. The van der Waals surface area contributed by atoms with Gasteiger partial charge in [0.1, 0.15) is 49.3 Å². The zero-order chi connectivity index (χ0) is 24.7. The van der Waals surface area contributed by atoms with Gasteiger partial charge in [-0.25, -0.2) is 9.07 Å². The van der Waals surface area contributed by atoms with Crippen LogP contribution in [0.2, 0.25) is 0 Å². The Labute approximate surface area is 211 Å². The number of aliphatic hydroxyl groups is 2. The van der Waals surface area contributed by atoms with Gasteiger partial charge >= 0.3 is 0 Å². The molecule has 2 atom stereocenters. The van der Waals surface area contributed by atoms with Crippen molar-refractivity contribution < 1.29 is 24.1 Å². The molecule has 0 bridgehead atoms. The van der Waals surface area contributed by atoms with Crippen LogP contribution in [0.25, 0.3) is 0 Å². The van der Waals surface area contributed by atoms with E-state index in [4.69, 9.17) is 21.1 Å². The van der Waals surface area contributed by atoms with Gasteiger partial charge in [0.25, 0.3) is 0 Å². The van der Waals surface area contributed by atoms with Crippen LogP contribution in [0.4, 0.5) is 4.39 Å². The minimum Gasteiger partial charge on any atom is -0.491 e. The molecule has 1 heterocycles. The average molecular weight is 557 g/mol.